The molecule has 0 radical (unpaired) electrons. The van der Waals surface area contributed by atoms with Crippen LogP contribution in [0.25, 0.3) is 0 Å². The van der Waals surface area contributed by atoms with Gasteiger partial charge in [-0.15, -0.1) is 0 Å². The molecule has 5 amide bonds. The third kappa shape index (κ3) is 16.5. The summed E-state index contributed by atoms with van der Waals surface area (Å²) in [6.45, 7) is 0.824. The molecule has 0 aliphatic carbocycles. The first kappa shape index (κ1) is 45.3. The van der Waals surface area contributed by atoms with Gasteiger partial charge in [-0.3, -0.25) is 18.9 Å². The highest BCUT2D eigenvalue weighted by molar-refractivity contribution is 8.00. The molecule has 312 valence electrons. The number of hydrogen-bond donors (Lipinski definition) is 9. The predicted molar refractivity (Wildman–Crippen MR) is 195 cm³/mol. The summed E-state index contributed by atoms with van der Waals surface area (Å²) in [5.41, 5.74) is 0.125. The van der Waals surface area contributed by atoms with Crippen LogP contribution in [-0.2, 0) is 41.2 Å². The number of nitrogens with one attached hydrogen (secondary N) is 5. The van der Waals surface area contributed by atoms with E-state index in [1.807, 2.05) is 11.8 Å². The molecule has 4 heterocycles. The van der Waals surface area contributed by atoms with Gasteiger partial charge in [0.2, 0.25) is 11.8 Å². The molecule has 9 N–H and O–H groups in total. The quantitative estimate of drug-likeness (QED) is 0.0385. The molecular weight excluding hydrogens is 811 g/mol. The zero-order valence-corrected chi connectivity index (χ0v) is 33.5. The van der Waals surface area contributed by atoms with Gasteiger partial charge in [-0.25, -0.2) is 23.5 Å². The fourth-order valence-electron chi connectivity index (χ4n) is 6.16. The van der Waals surface area contributed by atoms with E-state index < -0.39 is 48.3 Å². The second kappa shape index (κ2) is 21.4. The molecule has 3 aliphatic rings. The standard InChI is InChI=1S/C29H50N7O15P3S/c37-24(9-2-1-5-13-30-25(38)10-4-3-8-23-27-22(18-55-23)34-29(40)35-27)31-14-6-7-15-32-28(39)21-16-36(19-33-21)26-12-11-20(49-26)17-48-53(44,45)51-54(46,47)50-52(41,42)43/h16,19-20,22-23,26-27H,1-15,17-18H2,(H,30,38)(H,31,37)(H,32,39)(H,44,45)(H,46,47)(H2,34,35,40)(H2,41,42,43)/t20-,22+,23?,26-,27+/m0/s1. The van der Waals surface area contributed by atoms with Gasteiger partial charge in [0.25, 0.3) is 5.91 Å². The van der Waals surface area contributed by atoms with Gasteiger partial charge in [-0.2, -0.15) is 20.4 Å². The Morgan fingerprint density at radius 1 is 0.873 bits per heavy atom. The van der Waals surface area contributed by atoms with Gasteiger partial charge < -0.3 is 55.5 Å². The lowest BCUT2D eigenvalue weighted by Crippen LogP contribution is -2.36. The van der Waals surface area contributed by atoms with E-state index in [1.54, 1.807) is 0 Å². The van der Waals surface area contributed by atoms with Crippen molar-refractivity contribution in [1.82, 2.24) is 36.1 Å². The number of aromatic nitrogens is 2. The molecule has 3 fully saturated rings. The number of phosphoric ester groups is 1. The number of amides is 5. The van der Waals surface area contributed by atoms with Crippen LogP contribution in [-0.4, -0.2) is 108 Å². The van der Waals surface area contributed by atoms with E-state index in [2.05, 4.69) is 44.7 Å². The smallest absolute Gasteiger partial charge is 0.356 e. The van der Waals surface area contributed by atoms with E-state index in [1.165, 1.54) is 17.1 Å². The Hall–Kier alpha value is -2.39. The van der Waals surface area contributed by atoms with Gasteiger partial charge in [0.05, 0.1) is 31.1 Å². The van der Waals surface area contributed by atoms with Crippen LogP contribution in [0.3, 0.4) is 0 Å². The van der Waals surface area contributed by atoms with Crippen molar-refractivity contribution in [2.24, 2.45) is 0 Å². The molecule has 1 aromatic heterocycles. The maximum absolute atomic E-state index is 12.5. The number of nitrogens with zero attached hydrogens (tertiary/aromatic N) is 2. The van der Waals surface area contributed by atoms with E-state index in [0.717, 1.165) is 37.9 Å². The average molecular weight is 862 g/mol. The van der Waals surface area contributed by atoms with Crippen molar-refractivity contribution in [2.75, 3.05) is 32.0 Å². The maximum atomic E-state index is 12.5. The Morgan fingerprint density at radius 3 is 2.22 bits per heavy atom. The molecule has 0 saturated carbocycles. The molecule has 7 atom stereocenters. The monoisotopic (exact) mass is 861 g/mol. The average Bonchev–Trinajstić information content (AvgIpc) is 3.89. The van der Waals surface area contributed by atoms with E-state index >= 15 is 0 Å². The van der Waals surface area contributed by atoms with Crippen molar-refractivity contribution in [3.63, 3.8) is 0 Å². The Labute approximate surface area is 321 Å². The number of fused-ring (bicyclic) bond motifs is 1. The lowest BCUT2D eigenvalue weighted by atomic mass is 10.0. The number of ether oxygens (including phenoxy) is 1. The zero-order chi connectivity index (χ0) is 40.1. The molecule has 0 bridgehead atoms. The fourth-order valence-corrected chi connectivity index (χ4v) is 10.7. The Balaban J connectivity index is 0.960. The summed E-state index contributed by atoms with van der Waals surface area (Å²) in [5, 5.41) is 14.9. The lowest BCUT2D eigenvalue weighted by Gasteiger charge is -2.18. The number of phosphoric acid groups is 3. The van der Waals surface area contributed by atoms with Crippen LogP contribution in [0.5, 0.6) is 0 Å². The third-order valence-electron chi connectivity index (χ3n) is 8.79. The number of thioether (sulfide) groups is 1. The summed E-state index contributed by atoms with van der Waals surface area (Å²) in [5.74, 6) is 0.490. The van der Waals surface area contributed by atoms with Gasteiger partial charge in [-0.1, -0.05) is 12.8 Å². The van der Waals surface area contributed by atoms with Crippen molar-refractivity contribution < 1.29 is 70.3 Å². The molecule has 4 rings (SSSR count). The number of carbonyl (C=O) groups is 4. The molecule has 1 aromatic rings. The number of imidazole rings is 1. The number of urea groups is 1. The summed E-state index contributed by atoms with van der Waals surface area (Å²) in [6, 6.07) is 0.311. The van der Waals surface area contributed by atoms with Crippen LogP contribution in [0.4, 0.5) is 4.79 Å². The highest BCUT2D eigenvalue weighted by Gasteiger charge is 2.43. The molecule has 0 spiro atoms. The number of carbonyl (C=O) groups excluding carboxylic acids is 4. The van der Waals surface area contributed by atoms with Crippen molar-refractivity contribution >= 4 is 59.0 Å². The van der Waals surface area contributed by atoms with Crippen molar-refractivity contribution in [1.29, 1.82) is 0 Å². The molecule has 55 heavy (non-hydrogen) atoms. The van der Waals surface area contributed by atoms with Gasteiger partial charge in [0, 0.05) is 49.7 Å². The van der Waals surface area contributed by atoms with Gasteiger partial charge in [0.15, 0.2) is 0 Å². The summed E-state index contributed by atoms with van der Waals surface area (Å²) >= 11 is 1.87. The van der Waals surface area contributed by atoms with Crippen LogP contribution < -0.4 is 26.6 Å². The minimum atomic E-state index is -5.62. The highest BCUT2D eigenvalue weighted by atomic mass is 32.2. The lowest BCUT2D eigenvalue weighted by molar-refractivity contribution is -0.122. The number of rotatable bonds is 25. The van der Waals surface area contributed by atoms with E-state index in [4.69, 9.17) is 14.5 Å². The minimum absolute atomic E-state index is 0.0337. The highest BCUT2D eigenvalue weighted by Crippen LogP contribution is 2.66. The van der Waals surface area contributed by atoms with E-state index in [9.17, 15) is 42.7 Å². The summed E-state index contributed by atoms with van der Waals surface area (Å²) < 4.78 is 53.3. The Bertz CT molecular complexity index is 1620. The van der Waals surface area contributed by atoms with Crippen LogP contribution in [0.1, 0.15) is 93.8 Å². The second-order valence-corrected chi connectivity index (χ2v) is 18.9. The van der Waals surface area contributed by atoms with E-state index in [-0.39, 0.29) is 35.6 Å². The van der Waals surface area contributed by atoms with Crippen LogP contribution in [0, 0.1) is 0 Å². The minimum Gasteiger partial charge on any atom is -0.356 e. The van der Waals surface area contributed by atoms with Gasteiger partial charge >= 0.3 is 29.5 Å². The van der Waals surface area contributed by atoms with Crippen LogP contribution >= 0.6 is 35.2 Å². The summed E-state index contributed by atoms with van der Waals surface area (Å²) in [7, 11) is -16.4. The molecule has 0 aromatic carbocycles. The first-order valence-electron chi connectivity index (χ1n) is 18.0. The molecular formula is C29H50N7O15P3S. The number of hydrogen-bond acceptors (Lipinski definition) is 13. The van der Waals surface area contributed by atoms with Crippen molar-refractivity contribution in [3.05, 3.63) is 18.2 Å². The molecule has 22 nitrogen and oxygen atoms in total. The normalized spacial score (nSPS) is 24.3. The molecule has 3 aliphatic heterocycles. The first-order chi connectivity index (χ1) is 26.0. The number of unbranched alkanes of at least 4 members (excludes halogenated alkanes) is 4. The molecule has 3 unspecified atom stereocenters. The molecule has 3 saturated heterocycles. The maximum Gasteiger partial charge on any atom is 0.490 e. The SMILES string of the molecule is O=C(CCCCCNC(=O)CCCCC1SC[C@H]2NC(=O)N[C@@H]12)NCCCCNC(=O)c1cn([C@@H]2CC[C@@H](COP(=O)(O)OP(=O)(O)OP(=O)(O)O)O2)cn1. The summed E-state index contributed by atoms with van der Waals surface area (Å²) in [4.78, 5) is 88.4. The Kier molecular flexibility index (Phi) is 17.6. The fraction of sp³-hybridized carbons (Fsp3) is 0.759. The van der Waals surface area contributed by atoms with Crippen LogP contribution in [0.2, 0.25) is 0 Å². The van der Waals surface area contributed by atoms with Gasteiger partial charge in [-0.05, 0) is 51.4 Å². The van der Waals surface area contributed by atoms with Crippen molar-refractivity contribution in [3.8, 4) is 0 Å². The topological polar surface area (TPSA) is 315 Å². The van der Waals surface area contributed by atoms with E-state index in [0.29, 0.717) is 69.8 Å². The predicted octanol–water partition coefficient (Wildman–Crippen LogP) is 1.93. The third-order valence-corrected chi connectivity index (χ3v) is 14.1. The Morgan fingerprint density at radius 2 is 1.53 bits per heavy atom. The first-order valence-corrected chi connectivity index (χ1v) is 23.5. The van der Waals surface area contributed by atoms with Gasteiger partial charge in [0.1, 0.15) is 11.9 Å². The molecule has 26 heteroatoms. The largest absolute Gasteiger partial charge is 0.490 e. The van der Waals surface area contributed by atoms with Crippen LogP contribution in [0.15, 0.2) is 12.5 Å². The summed E-state index contributed by atoms with van der Waals surface area (Å²) in [6.07, 6.45) is 9.38. The van der Waals surface area contributed by atoms with Crippen molar-refractivity contribution in [2.45, 2.75) is 107 Å². The zero-order valence-electron chi connectivity index (χ0n) is 30.0. The second-order valence-electron chi connectivity index (χ2n) is 13.2.